The molecule has 1 aliphatic carbocycles. The molecule has 1 fully saturated rings. The highest BCUT2D eigenvalue weighted by Crippen LogP contribution is 2.41. The third-order valence-electron chi connectivity index (χ3n) is 4.29. The van der Waals surface area contributed by atoms with Crippen LogP contribution in [-0.2, 0) is 0 Å². The van der Waals surface area contributed by atoms with Crippen LogP contribution < -0.4 is 9.80 Å². The van der Waals surface area contributed by atoms with Gasteiger partial charge >= 0.3 is 0 Å². The second-order valence-corrected chi connectivity index (χ2v) is 5.91. The lowest BCUT2D eigenvalue weighted by Crippen LogP contribution is -2.59. The molecule has 1 saturated carbocycles. The molecule has 0 bridgehead atoms. The zero-order valence-electron chi connectivity index (χ0n) is 12.2. The predicted molar refractivity (Wildman–Crippen MR) is 84.8 cm³/mol. The zero-order valence-corrected chi connectivity index (χ0v) is 13.0. The van der Waals surface area contributed by atoms with Gasteiger partial charge in [0.15, 0.2) is 5.82 Å². The number of nitrogens with zero attached hydrogens (tertiary/aromatic N) is 4. The van der Waals surface area contributed by atoms with Crippen LogP contribution in [0.3, 0.4) is 0 Å². The second kappa shape index (κ2) is 5.26. The molecule has 0 radical (unpaired) electrons. The molecule has 0 amide bonds. The summed E-state index contributed by atoms with van der Waals surface area (Å²) in [5.74, 6) is 1.49. The maximum atomic E-state index is 8.50. The molecular formula is C14H19ClN6. The Labute approximate surface area is 129 Å². The first-order valence-corrected chi connectivity index (χ1v) is 7.67. The van der Waals surface area contributed by atoms with E-state index in [2.05, 4.69) is 21.8 Å². The van der Waals surface area contributed by atoms with Crippen LogP contribution in [0, 0.1) is 10.8 Å². The molecule has 0 aromatic carbocycles. The summed E-state index contributed by atoms with van der Waals surface area (Å²) in [6.45, 7) is 3.74. The predicted octanol–water partition coefficient (Wildman–Crippen LogP) is 3.06. The molecule has 6 nitrogen and oxygen atoms in total. The van der Waals surface area contributed by atoms with Gasteiger partial charge in [0.2, 0.25) is 5.28 Å². The maximum Gasteiger partial charge on any atom is 0.224 e. The summed E-state index contributed by atoms with van der Waals surface area (Å²) in [7, 11) is 0. The topological polar surface area (TPSA) is 80.0 Å². The van der Waals surface area contributed by atoms with Gasteiger partial charge in [0, 0.05) is 6.04 Å². The van der Waals surface area contributed by atoms with E-state index in [-0.39, 0.29) is 11.3 Å². The number of amidine groups is 2. The SMILES string of the molecule is CC[C@@H]1C(=N)N(C(C)=N)c2cnc(Cl)nc2N1C1CCC1. The van der Waals surface area contributed by atoms with Crippen molar-refractivity contribution >= 4 is 34.8 Å². The summed E-state index contributed by atoms with van der Waals surface area (Å²) < 4.78 is 0. The quantitative estimate of drug-likeness (QED) is 0.500. The molecule has 1 aromatic rings. The Morgan fingerprint density at radius 2 is 2.19 bits per heavy atom. The van der Waals surface area contributed by atoms with E-state index >= 15 is 0 Å². The van der Waals surface area contributed by atoms with Crippen molar-refractivity contribution in [1.82, 2.24) is 9.97 Å². The fourth-order valence-corrected chi connectivity index (χ4v) is 3.22. The summed E-state index contributed by atoms with van der Waals surface area (Å²) >= 11 is 5.99. The van der Waals surface area contributed by atoms with Crippen molar-refractivity contribution in [2.45, 2.75) is 51.6 Å². The van der Waals surface area contributed by atoms with Gasteiger partial charge < -0.3 is 4.90 Å². The molecule has 0 saturated heterocycles. The number of aromatic nitrogens is 2. The standard InChI is InChI=1S/C14H19ClN6/c1-3-10-12(17)20(8(2)16)11-7-18-14(15)19-13(11)21(10)9-5-4-6-9/h7,9-10,16-17H,3-6H2,1-2H3/t10-/m1/s1. The summed E-state index contributed by atoms with van der Waals surface area (Å²) in [5.41, 5.74) is 0.688. The van der Waals surface area contributed by atoms with Crippen LogP contribution >= 0.6 is 11.6 Å². The fraction of sp³-hybridized carbons (Fsp3) is 0.571. The number of hydrogen-bond donors (Lipinski definition) is 2. The van der Waals surface area contributed by atoms with Gasteiger partial charge in [-0.15, -0.1) is 0 Å². The lowest BCUT2D eigenvalue weighted by molar-refractivity contribution is 0.369. The number of nitrogens with one attached hydrogen (secondary N) is 2. The lowest BCUT2D eigenvalue weighted by Gasteiger charge is -2.49. The average molecular weight is 307 g/mol. The van der Waals surface area contributed by atoms with Gasteiger partial charge in [0.05, 0.1) is 12.2 Å². The molecular weight excluding hydrogens is 288 g/mol. The van der Waals surface area contributed by atoms with E-state index in [9.17, 15) is 0 Å². The number of anilines is 2. The maximum absolute atomic E-state index is 8.50. The Hall–Kier alpha value is -1.69. The third-order valence-corrected chi connectivity index (χ3v) is 4.47. The van der Waals surface area contributed by atoms with Gasteiger partial charge in [-0.05, 0) is 44.2 Å². The molecule has 2 heterocycles. The molecule has 0 unspecified atom stereocenters. The molecule has 112 valence electrons. The van der Waals surface area contributed by atoms with Crippen molar-refractivity contribution < 1.29 is 0 Å². The number of fused-ring (bicyclic) bond motifs is 1. The van der Waals surface area contributed by atoms with E-state index in [4.69, 9.17) is 22.4 Å². The van der Waals surface area contributed by atoms with E-state index in [1.165, 1.54) is 6.42 Å². The Balaban J connectivity index is 2.16. The van der Waals surface area contributed by atoms with Crippen LogP contribution in [0.2, 0.25) is 5.28 Å². The van der Waals surface area contributed by atoms with Crippen molar-refractivity contribution in [3.63, 3.8) is 0 Å². The highest BCUT2D eigenvalue weighted by atomic mass is 35.5. The van der Waals surface area contributed by atoms with Gasteiger partial charge in [-0.3, -0.25) is 15.7 Å². The summed E-state index contributed by atoms with van der Waals surface area (Å²) in [6.07, 6.45) is 5.88. The Morgan fingerprint density at radius 3 is 2.71 bits per heavy atom. The van der Waals surface area contributed by atoms with E-state index in [1.807, 2.05) is 0 Å². The van der Waals surface area contributed by atoms with Crippen molar-refractivity contribution in [3.05, 3.63) is 11.5 Å². The van der Waals surface area contributed by atoms with Crippen LogP contribution in [0.1, 0.15) is 39.5 Å². The molecule has 1 atom stereocenters. The van der Waals surface area contributed by atoms with Crippen molar-refractivity contribution in [1.29, 1.82) is 10.8 Å². The average Bonchev–Trinajstić information content (AvgIpc) is 2.37. The Kier molecular flexibility index (Phi) is 3.57. The van der Waals surface area contributed by atoms with E-state index < -0.39 is 0 Å². The first kappa shape index (κ1) is 14.3. The number of rotatable bonds is 2. The van der Waals surface area contributed by atoms with Crippen LogP contribution in [-0.4, -0.2) is 33.7 Å². The first-order chi connectivity index (χ1) is 10.0. The normalized spacial score (nSPS) is 22.0. The largest absolute Gasteiger partial charge is 0.342 e. The van der Waals surface area contributed by atoms with Gasteiger partial charge in [-0.2, -0.15) is 4.98 Å². The van der Waals surface area contributed by atoms with Crippen LogP contribution in [0.15, 0.2) is 6.20 Å². The Morgan fingerprint density at radius 1 is 1.48 bits per heavy atom. The molecule has 1 aliphatic heterocycles. The fourth-order valence-electron chi connectivity index (χ4n) is 3.10. The molecule has 0 spiro atoms. The second-order valence-electron chi connectivity index (χ2n) is 5.57. The van der Waals surface area contributed by atoms with Crippen LogP contribution in [0.25, 0.3) is 0 Å². The smallest absolute Gasteiger partial charge is 0.224 e. The van der Waals surface area contributed by atoms with E-state index in [1.54, 1.807) is 18.0 Å². The molecule has 1 aromatic heterocycles. The highest BCUT2D eigenvalue weighted by Gasteiger charge is 2.41. The van der Waals surface area contributed by atoms with Gasteiger partial charge in [0.1, 0.15) is 17.4 Å². The molecule has 21 heavy (non-hydrogen) atoms. The van der Waals surface area contributed by atoms with Crippen molar-refractivity contribution in [2.24, 2.45) is 0 Å². The van der Waals surface area contributed by atoms with Crippen molar-refractivity contribution in [2.75, 3.05) is 9.80 Å². The monoisotopic (exact) mass is 306 g/mol. The van der Waals surface area contributed by atoms with Crippen molar-refractivity contribution in [3.8, 4) is 0 Å². The minimum Gasteiger partial charge on any atom is -0.342 e. The number of halogens is 1. The molecule has 3 rings (SSSR count). The minimum atomic E-state index is -0.0610. The summed E-state index contributed by atoms with van der Waals surface area (Å²) in [5, 5.41) is 16.7. The summed E-state index contributed by atoms with van der Waals surface area (Å²) in [6, 6.07) is 0.349. The first-order valence-electron chi connectivity index (χ1n) is 7.29. The Bertz CT molecular complexity index is 597. The molecule has 7 heteroatoms. The molecule has 2 aliphatic rings. The summed E-state index contributed by atoms with van der Waals surface area (Å²) in [4.78, 5) is 12.3. The zero-order chi connectivity index (χ0) is 15.1. The van der Waals surface area contributed by atoms with Crippen LogP contribution in [0.4, 0.5) is 11.5 Å². The van der Waals surface area contributed by atoms with E-state index in [0.717, 1.165) is 25.1 Å². The lowest BCUT2D eigenvalue weighted by atomic mass is 9.88. The van der Waals surface area contributed by atoms with E-state index in [0.29, 0.717) is 23.4 Å². The van der Waals surface area contributed by atoms with Gasteiger partial charge in [0.25, 0.3) is 0 Å². The molecule has 2 N–H and O–H groups in total. The minimum absolute atomic E-state index is 0.0610. The van der Waals surface area contributed by atoms with Crippen LogP contribution in [0.5, 0.6) is 0 Å². The van der Waals surface area contributed by atoms with Gasteiger partial charge in [-0.25, -0.2) is 4.98 Å². The highest BCUT2D eigenvalue weighted by molar-refractivity contribution is 6.29. The third kappa shape index (κ3) is 2.18. The number of hydrogen-bond acceptors (Lipinski definition) is 5. The van der Waals surface area contributed by atoms with Gasteiger partial charge in [-0.1, -0.05) is 6.92 Å².